The molecule has 6 nitrogen and oxygen atoms in total. The number of hydrogen-bond acceptors (Lipinski definition) is 3. The molecule has 0 aliphatic rings. The van der Waals surface area contributed by atoms with Gasteiger partial charge in [-0.05, 0) is 11.8 Å². The van der Waals surface area contributed by atoms with Crippen molar-refractivity contribution >= 4 is 17.9 Å². The van der Waals surface area contributed by atoms with Crippen LogP contribution in [0, 0.1) is 5.41 Å². The smallest absolute Gasteiger partial charge is 0.321 e. The Labute approximate surface area is 106 Å². The highest BCUT2D eigenvalue weighted by molar-refractivity contribution is 5.94. The van der Waals surface area contributed by atoms with Crippen LogP contribution in [-0.4, -0.2) is 29.6 Å². The van der Waals surface area contributed by atoms with Gasteiger partial charge < -0.3 is 10.4 Å². The summed E-state index contributed by atoms with van der Waals surface area (Å²) in [5.74, 6) is -1.46. The predicted octanol–water partition coefficient (Wildman–Crippen LogP) is 1.28. The van der Waals surface area contributed by atoms with Crippen LogP contribution in [0.15, 0.2) is 12.7 Å². The van der Waals surface area contributed by atoms with E-state index in [0.29, 0.717) is 13.0 Å². The second-order valence-corrected chi connectivity index (χ2v) is 4.79. The van der Waals surface area contributed by atoms with E-state index in [-0.39, 0.29) is 12.8 Å². The van der Waals surface area contributed by atoms with Crippen LogP contribution in [0.25, 0.3) is 0 Å². The standard InChI is InChI=1S/C12H20N2O4/c1-4-5-6-13-11(18)14-9(15)7-12(2,3)8-10(16)17/h4H,1,5-8H2,2-3H3,(H,16,17)(H2,13,14,15,18). The van der Waals surface area contributed by atoms with E-state index < -0.39 is 23.3 Å². The van der Waals surface area contributed by atoms with E-state index in [9.17, 15) is 14.4 Å². The van der Waals surface area contributed by atoms with Gasteiger partial charge in [-0.15, -0.1) is 6.58 Å². The van der Waals surface area contributed by atoms with Crippen LogP contribution >= 0.6 is 0 Å². The third kappa shape index (κ3) is 8.32. The van der Waals surface area contributed by atoms with Gasteiger partial charge in [-0.3, -0.25) is 14.9 Å². The van der Waals surface area contributed by atoms with Crippen molar-refractivity contribution in [1.29, 1.82) is 0 Å². The summed E-state index contributed by atoms with van der Waals surface area (Å²) in [5.41, 5.74) is -0.683. The lowest BCUT2D eigenvalue weighted by molar-refractivity contribution is -0.139. The third-order valence-corrected chi connectivity index (χ3v) is 2.16. The summed E-state index contributed by atoms with van der Waals surface area (Å²) in [6.45, 7) is 7.23. The van der Waals surface area contributed by atoms with Crippen molar-refractivity contribution in [1.82, 2.24) is 10.6 Å². The molecule has 0 atom stereocenters. The van der Waals surface area contributed by atoms with E-state index in [0.717, 1.165) is 0 Å². The molecule has 18 heavy (non-hydrogen) atoms. The van der Waals surface area contributed by atoms with Gasteiger partial charge in [0.15, 0.2) is 0 Å². The van der Waals surface area contributed by atoms with Crippen LogP contribution in [-0.2, 0) is 9.59 Å². The fraction of sp³-hybridized carbons (Fsp3) is 0.583. The summed E-state index contributed by atoms with van der Waals surface area (Å²) in [7, 11) is 0. The molecule has 0 bridgehead atoms. The molecule has 0 aromatic heterocycles. The molecule has 0 saturated carbocycles. The van der Waals surface area contributed by atoms with Crippen molar-refractivity contribution in [3.05, 3.63) is 12.7 Å². The molecule has 0 unspecified atom stereocenters. The first kappa shape index (κ1) is 16.1. The average molecular weight is 256 g/mol. The maximum Gasteiger partial charge on any atom is 0.321 e. The second-order valence-electron chi connectivity index (χ2n) is 4.79. The molecule has 102 valence electrons. The van der Waals surface area contributed by atoms with Crippen LogP contribution in [0.2, 0.25) is 0 Å². The lowest BCUT2D eigenvalue weighted by atomic mass is 9.85. The summed E-state index contributed by atoms with van der Waals surface area (Å²) in [6.07, 6.45) is 2.12. The zero-order valence-corrected chi connectivity index (χ0v) is 10.8. The molecule has 0 aromatic carbocycles. The SMILES string of the molecule is C=CCCNC(=O)NC(=O)CC(C)(C)CC(=O)O. The normalized spacial score (nSPS) is 10.6. The highest BCUT2D eigenvalue weighted by Gasteiger charge is 2.25. The molecule has 3 amide bonds. The van der Waals surface area contributed by atoms with Crippen LogP contribution < -0.4 is 10.6 Å². The van der Waals surface area contributed by atoms with Crippen molar-refractivity contribution in [3.63, 3.8) is 0 Å². The van der Waals surface area contributed by atoms with Gasteiger partial charge in [0, 0.05) is 13.0 Å². The second kappa shape index (κ2) is 7.47. The van der Waals surface area contributed by atoms with E-state index in [4.69, 9.17) is 5.11 Å². The Morgan fingerprint density at radius 2 is 1.89 bits per heavy atom. The third-order valence-electron chi connectivity index (χ3n) is 2.16. The van der Waals surface area contributed by atoms with Crippen molar-refractivity contribution in [2.75, 3.05) is 6.54 Å². The van der Waals surface area contributed by atoms with Gasteiger partial charge in [0.1, 0.15) is 0 Å². The molecule has 0 heterocycles. The number of carboxylic acids is 1. The summed E-state index contributed by atoms with van der Waals surface area (Å²) in [5, 5.41) is 13.3. The van der Waals surface area contributed by atoms with Gasteiger partial charge in [-0.25, -0.2) is 4.79 Å². The number of carbonyl (C=O) groups excluding carboxylic acids is 2. The number of rotatable bonds is 7. The molecule has 0 aromatic rings. The van der Waals surface area contributed by atoms with E-state index in [1.165, 1.54) is 0 Å². The van der Waals surface area contributed by atoms with E-state index in [1.54, 1.807) is 19.9 Å². The van der Waals surface area contributed by atoms with E-state index in [2.05, 4.69) is 17.2 Å². The topological polar surface area (TPSA) is 95.5 Å². The molecule has 0 spiro atoms. The lowest BCUT2D eigenvalue weighted by Crippen LogP contribution is -2.41. The molecule has 3 N–H and O–H groups in total. The van der Waals surface area contributed by atoms with Gasteiger partial charge in [0.2, 0.25) is 5.91 Å². The van der Waals surface area contributed by atoms with Crippen molar-refractivity contribution in [2.45, 2.75) is 33.1 Å². The van der Waals surface area contributed by atoms with Gasteiger partial charge in [-0.1, -0.05) is 19.9 Å². The molecule has 0 saturated heterocycles. The van der Waals surface area contributed by atoms with Gasteiger partial charge in [0.05, 0.1) is 6.42 Å². The maximum absolute atomic E-state index is 11.5. The monoisotopic (exact) mass is 256 g/mol. The number of urea groups is 1. The molecule has 0 aliphatic heterocycles. The Morgan fingerprint density at radius 1 is 1.28 bits per heavy atom. The van der Waals surface area contributed by atoms with Crippen molar-refractivity contribution in [3.8, 4) is 0 Å². The Kier molecular flexibility index (Phi) is 6.70. The maximum atomic E-state index is 11.5. The van der Waals surface area contributed by atoms with Gasteiger partial charge >= 0.3 is 12.0 Å². The largest absolute Gasteiger partial charge is 0.481 e. The predicted molar refractivity (Wildman–Crippen MR) is 67.0 cm³/mol. The Hall–Kier alpha value is -1.85. The average Bonchev–Trinajstić information content (AvgIpc) is 2.13. The lowest BCUT2D eigenvalue weighted by Gasteiger charge is -2.21. The number of aliphatic carboxylic acids is 1. The molecular formula is C12H20N2O4. The minimum atomic E-state index is -0.969. The first-order valence-corrected chi connectivity index (χ1v) is 5.67. The number of carboxylic acid groups (broad SMARTS) is 1. The minimum Gasteiger partial charge on any atom is -0.481 e. The minimum absolute atomic E-state index is 0.0197. The van der Waals surface area contributed by atoms with Crippen LogP contribution in [0.4, 0.5) is 4.79 Å². The number of nitrogens with one attached hydrogen (secondary N) is 2. The molecule has 0 fully saturated rings. The van der Waals surface area contributed by atoms with Crippen molar-refractivity contribution in [2.24, 2.45) is 5.41 Å². The number of hydrogen-bond donors (Lipinski definition) is 3. The fourth-order valence-corrected chi connectivity index (χ4v) is 1.41. The zero-order chi connectivity index (χ0) is 14.2. The molecule has 0 radical (unpaired) electrons. The van der Waals surface area contributed by atoms with Crippen LogP contribution in [0.5, 0.6) is 0 Å². The van der Waals surface area contributed by atoms with E-state index >= 15 is 0 Å². The van der Waals surface area contributed by atoms with E-state index in [1.807, 2.05) is 0 Å². The number of amides is 3. The first-order valence-electron chi connectivity index (χ1n) is 5.67. The summed E-state index contributed by atoms with van der Waals surface area (Å²) in [4.78, 5) is 33.3. The summed E-state index contributed by atoms with van der Waals surface area (Å²) in [6, 6.07) is -0.576. The number of carbonyl (C=O) groups is 3. The highest BCUT2D eigenvalue weighted by Crippen LogP contribution is 2.24. The molecule has 0 aliphatic carbocycles. The Balaban J connectivity index is 4.06. The van der Waals surface area contributed by atoms with Gasteiger partial charge in [0.25, 0.3) is 0 Å². The molecule has 0 rings (SSSR count). The summed E-state index contributed by atoms with van der Waals surface area (Å²) < 4.78 is 0. The Bertz CT molecular complexity index is 337. The molecular weight excluding hydrogens is 236 g/mol. The van der Waals surface area contributed by atoms with Crippen molar-refractivity contribution < 1.29 is 19.5 Å². The zero-order valence-electron chi connectivity index (χ0n) is 10.8. The highest BCUT2D eigenvalue weighted by atomic mass is 16.4. The quantitative estimate of drug-likeness (QED) is 0.472. The fourth-order valence-electron chi connectivity index (χ4n) is 1.41. The first-order chi connectivity index (χ1) is 8.26. The molecule has 6 heteroatoms. The van der Waals surface area contributed by atoms with Crippen LogP contribution in [0.1, 0.15) is 33.1 Å². The van der Waals surface area contributed by atoms with Crippen LogP contribution in [0.3, 0.4) is 0 Å². The number of imide groups is 1. The summed E-state index contributed by atoms with van der Waals surface area (Å²) >= 11 is 0. The van der Waals surface area contributed by atoms with Gasteiger partial charge in [-0.2, -0.15) is 0 Å². The Morgan fingerprint density at radius 3 is 2.39 bits per heavy atom.